The van der Waals surface area contributed by atoms with Crippen LogP contribution in [0.2, 0.25) is 0 Å². The molecule has 0 heterocycles. The molecule has 3 nitrogen and oxygen atoms in total. The lowest BCUT2D eigenvalue weighted by Gasteiger charge is -2.21. The number of carbonyl (C=O) groups is 1. The van der Waals surface area contributed by atoms with Gasteiger partial charge in [-0.15, -0.1) is 0 Å². The summed E-state index contributed by atoms with van der Waals surface area (Å²) >= 11 is 0. The molecule has 0 saturated carbocycles. The maximum atomic E-state index is 11.3. The highest BCUT2D eigenvalue weighted by Gasteiger charge is 2.11. The fraction of sp³-hybridized carbons (Fsp3) is 0.235. The molecular formula is C17H19NO2. The van der Waals surface area contributed by atoms with E-state index < -0.39 is 5.97 Å². The standard InChI is InChI=1S/C17H19NO2/c1-3-18(4-2)14-9-7-8-13(12-14)15-10-5-6-11-16(15)17(19)20/h5-12H,3-4H2,1-2H3,(H,19,20). The predicted octanol–water partition coefficient (Wildman–Crippen LogP) is 3.90. The maximum Gasteiger partial charge on any atom is 0.336 e. The number of nitrogens with zero attached hydrogens (tertiary/aromatic N) is 1. The first kappa shape index (κ1) is 14.1. The Balaban J connectivity index is 2.49. The molecule has 1 N–H and O–H groups in total. The van der Waals surface area contributed by atoms with Crippen LogP contribution < -0.4 is 4.90 Å². The van der Waals surface area contributed by atoms with E-state index in [9.17, 15) is 9.90 Å². The molecule has 2 rings (SSSR count). The van der Waals surface area contributed by atoms with Crippen molar-refractivity contribution in [3.05, 3.63) is 54.1 Å². The molecule has 0 aliphatic carbocycles. The van der Waals surface area contributed by atoms with Gasteiger partial charge in [-0.1, -0.05) is 30.3 Å². The van der Waals surface area contributed by atoms with E-state index in [4.69, 9.17) is 0 Å². The number of carboxylic acid groups (broad SMARTS) is 1. The Hall–Kier alpha value is -2.29. The SMILES string of the molecule is CCN(CC)c1cccc(-c2ccccc2C(=O)O)c1. The molecule has 3 heteroatoms. The first-order valence-electron chi connectivity index (χ1n) is 6.85. The third-order valence-electron chi connectivity index (χ3n) is 3.44. The molecule has 0 spiro atoms. The molecular weight excluding hydrogens is 250 g/mol. The molecule has 0 fully saturated rings. The Kier molecular flexibility index (Phi) is 4.41. The number of rotatable bonds is 5. The Morgan fingerprint density at radius 2 is 1.75 bits per heavy atom. The summed E-state index contributed by atoms with van der Waals surface area (Å²) in [5.41, 5.74) is 3.15. The maximum absolute atomic E-state index is 11.3. The van der Waals surface area contributed by atoms with Crippen LogP contribution in [0, 0.1) is 0 Å². The van der Waals surface area contributed by atoms with Crippen molar-refractivity contribution in [3.63, 3.8) is 0 Å². The highest BCUT2D eigenvalue weighted by molar-refractivity contribution is 5.96. The zero-order valence-corrected chi connectivity index (χ0v) is 11.8. The van der Waals surface area contributed by atoms with Crippen molar-refractivity contribution in [2.45, 2.75) is 13.8 Å². The van der Waals surface area contributed by atoms with Gasteiger partial charge in [-0.05, 0) is 43.2 Å². The quantitative estimate of drug-likeness (QED) is 0.895. The van der Waals surface area contributed by atoms with Crippen molar-refractivity contribution in [1.29, 1.82) is 0 Å². The summed E-state index contributed by atoms with van der Waals surface area (Å²) in [6.45, 7) is 6.09. The molecule has 0 amide bonds. The number of hydrogen-bond acceptors (Lipinski definition) is 2. The molecule has 0 atom stereocenters. The van der Waals surface area contributed by atoms with Crippen molar-refractivity contribution in [1.82, 2.24) is 0 Å². The van der Waals surface area contributed by atoms with E-state index in [2.05, 4.69) is 30.9 Å². The van der Waals surface area contributed by atoms with Gasteiger partial charge in [0.25, 0.3) is 0 Å². The predicted molar refractivity (Wildman–Crippen MR) is 82.4 cm³/mol. The van der Waals surface area contributed by atoms with Crippen LogP contribution in [0.5, 0.6) is 0 Å². The number of carboxylic acids is 1. The molecule has 0 unspecified atom stereocenters. The molecule has 0 bridgehead atoms. The molecule has 0 aliphatic heterocycles. The number of benzene rings is 2. The molecule has 0 aromatic heterocycles. The van der Waals surface area contributed by atoms with Gasteiger partial charge in [0.15, 0.2) is 0 Å². The van der Waals surface area contributed by atoms with Gasteiger partial charge >= 0.3 is 5.97 Å². The summed E-state index contributed by atoms with van der Waals surface area (Å²) < 4.78 is 0. The third kappa shape index (κ3) is 2.82. The summed E-state index contributed by atoms with van der Waals surface area (Å²) in [5, 5.41) is 9.29. The first-order valence-corrected chi connectivity index (χ1v) is 6.85. The number of aromatic carboxylic acids is 1. The molecule has 0 radical (unpaired) electrons. The van der Waals surface area contributed by atoms with E-state index in [1.807, 2.05) is 24.3 Å². The van der Waals surface area contributed by atoms with Gasteiger partial charge in [-0.25, -0.2) is 4.79 Å². The van der Waals surface area contributed by atoms with Crippen LogP contribution in [0.1, 0.15) is 24.2 Å². The fourth-order valence-corrected chi connectivity index (χ4v) is 2.38. The highest BCUT2D eigenvalue weighted by Crippen LogP contribution is 2.27. The number of hydrogen-bond donors (Lipinski definition) is 1. The van der Waals surface area contributed by atoms with Crippen molar-refractivity contribution < 1.29 is 9.90 Å². The van der Waals surface area contributed by atoms with Gasteiger partial charge in [0.1, 0.15) is 0 Å². The fourth-order valence-electron chi connectivity index (χ4n) is 2.38. The smallest absolute Gasteiger partial charge is 0.336 e. The lowest BCUT2D eigenvalue weighted by molar-refractivity contribution is 0.0697. The lowest BCUT2D eigenvalue weighted by atomic mass is 9.99. The van der Waals surface area contributed by atoms with Gasteiger partial charge in [0.2, 0.25) is 0 Å². The first-order chi connectivity index (χ1) is 9.67. The van der Waals surface area contributed by atoms with E-state index in [0.717, 1.165) is 29.9 Å². The summed E-state index contributed by atoms with van der Waals surface area (Å²) in [7, 11) is 0. The minimum atomic E-state index is -0.895. The Morgan fingerprint density at radius 3 is 2.40 bits per heavy atom. The Bertz CT molecular complexity index is 603. The molecule has 0 saturated heterocycles. The summed E-state index contributed by atoms with van der Waals surface area (Å²) in [5.74, 6) is -0.895. The van der Waals surface area contributed by atoms with Crippen molar-refractivity contribution >= 4 is 11.7 Å². The highest BCUT2D eigenvalue weighted by atomic mass is 16.4. The third-order valence-corrected chi connectivity index (χ3v) is 3.44. The molecule has 20 heavy (non-hydrogen) atoms. The average molecular weight is 269 g/mol. The summed E-state index contributed by atoms with van der Waals surface area (Å²) in [4.78, 5) is 13.6. The van der Waals surface area contributed by atoms with Crippen LogP contribution in [0.4, 0.5) is 5.69 Å². The van der Waals surface area contributed by atoms with E-state index in [-0.39, 0.29) is 0 Å². The zero-order valence-electron chi connectivity index (χ0n) is 11.8. The minimum absolute atomic E-state index is 0.337. The molecule has 0 aliphatic rings. The van der Waals surface area contributed by atoms with Crippen molar-refractivity contribution in [3.8, 4) is 11.1 Å². The van der Waals surface area contributed by atoms with E-state index >= 15 is 0 Å². The van der Waals surface area contributed by atoms with Gasteiger partial charge in [-0.2, -0.15) is 0 Å². The van der Waals surface area contributed by atoms with Gasteiger partial charge < -0.3 is 10.0 Å². The second kappa shape index (κ2) is 6.24. The van der Waals surface area contributed by atoms with Gasteiger partial charge in [-0.3, -0.25) is 0 Å². The monoisotopic (exact) mass is 269 g/mol. The van der Waals surface area contributed by atoms with E-state index in [1.54, 1.807) is 12.1 Å². The average Bonchev–Trinajstić information content (AvgIpc) is 2.49. The van der Waals surface area contributed by atoms with Crippen LogP contribution in [0.15, 0.2) is 48.5 Å². The topological polar surface area (TPSA) is 40.5 Å². The number of anilines is 1. The summed E-state index contributed by atoms with van der Waals surface area (Å²) in [6.07, 6.45) is 0. The molecule has 2 aromatic carbocycles. The Morgan fingerprint density at radius 1 is 1.05 bits per heavy atom. The van der Waals surface area contributed by atoms with Crippen LogP contribution in [0.25, 0.3) is 11.1 Å². The molecule has 2 aromatic rings. The second-order valence-corrected chi connectivity index (χ2v) is 4.57. The van der Waals surface area contributed by atoms with Gasteiger partial charge in [0.05, 0.1) is 5.56 Å². The largest absolute Gasteiger partial charge is 0.478 e. The lowest BCUT2D eigenvalue weighted by Crippen LogP contribution is -2.21. The van der Waals surface area contributed by atoms with Crippen LogP contribution >= 0.6 is 0 Å². The van der Waals surface area contributed by atoms with Crippen LogP contribution in [0.3, 0.4) is 0 Å². The van der Waals surface area contributed by atoms with Crippen LogP contribution in [-0.4, -0.2) is 24.2 Å². The second-order valence-electron chi connectivity index (χ2n) is 4.57. The van der Waals surface area contributed by atoms with E-state index in [1.165, 1.54) is 0 Å². The Labute approximate surface area is 119 Å². The van der Waals surface area contributed by atoms with Crippen molar-refractivity contribution in [2.24, 2.45) is 0 Å². The molecule has 104 valence electrons. The summed E-state index contributed by atoms with van der Waals surface area (Å²) in [6, 6.07) is 15.1. The normalized spacial score (nSPS) is 10.3. The minimum Gasteiger partial charge on any atom is -0.478 e. The van der Waals surface area contributed by atoms with Crippen LogP contribution in [-0.2, 0) is 0 Å². The van der Waals surface area contributed by atoms with E-state index in [0.29, 0.717) is 5.56 Å². The van der Waals surface area contributed by atoms with Gasteiger partial charge in [0, 0.05) is 18.8 Å². The zero-order chi connectivity index (χ0) is 14.5. The van der Waals surface area contributed by atoms with Crippen molar-refractivity contribution in [2.75, 3.05) is 18.0 Å².